The SMILES string of the molecule is CC(C)[C@H](c1nc(-c2cccc(Cl)c2)cn1Cc1ccccc1)N(CCCN)C(=O)c1ccc(Cl)nc1. The van der Waals surface area contributed by atoms with Gasteiger partial charge in [0.2, 0.25) is 0 Å². The fraction of sp³-hybridized carbons (Fsp3) is 0.276. The quantitative estimate of drug-likeness (QED) is 0.235. The number of amides is 1. The third-order valence-electron chi connectivity index (χ3n) is 6.19. The number of carbonyl (C=O) groups is 1. The lowest BCUT2D eigenvalue weighted by Gasteiger charge is -2.34. The molecule has 2 N–H and O–H groups in total. The number of benzene rings is 2. The lowest BCUT2D eigenvalue weighted by Crippen LogP contribution is -2.40. The van der Waals surface area contributed by atoms with E-state index in [1.807, 2.05) is 53.6 Å². The van der Waals surface area contributed by atoms with Crippen molar-refractivity contribution < 1.29 is 4.79 Å². The second-order valence-electron chi connectivity index (χ2n) is 9.31. The third-order valence-corrected chi connectivity index (χ3v) is 6.65. The maximum atomic E-state index is 13.8. The van der Waals surface area contributed by atoms with Crippen molar-refractivity contribution >= 4 is 29.1 Å². The molecule has 4 aromatic rings. The Morgan fingerprint density at radius 3 is 2.49 bits per heavy atom. The number of halogens is 2. The number of imidazole rings is 1. The van der Waals surface area contributed by atoms with Gasteiger partial charge in [0, 0.05) is 36.1 Å². The van der Waals surface area contributed by atoms with Gasteiger partial charge in [-0.15, -0.1) is 0 Å². The predicted octanol–water partition coefficient (Wildman–Crippen LogP) is 6.49. The molecule has 0 saturated heterocycles. The Hall–Kier alpha value is -3.19. The van der Waals surface area contributed by atoms with Gasteiger partial charge in [-0.25, -0.2) is 9.97 Å². The molecule has 1 atom stereocenters. The van der Waals surface area contributed by atoms with E-state index >= 15 is 0 Å². The number of aromatic nitrogens is 3. The molecular formula is C29H31Cl2N5O. The Morgan fingerprint density at radius 2 is 1.84 bits per heavy atom. The normalized spacial score (nSPS) is 12.1. The average molecular weight is 537 g/mol. The summed E-state index contributed by atoms with van der Waals surface area (Å²) < 4.78 is 2.14. The molecule has 0 radical (unpaired) electrons. The van der Waals surface area contributed by atoms with Gasteiger partial charge in [0.05, 0.1) is 17.3 Å². The van der Waals surface area contributed by atoms with Gasteiger partial charge in [0.25, 0.3) is 5.91 Å². The molecule has 192 valence electrons. The molecule has 0 aliphatic heterocycles. The minimum Gasteiger partial charge on any atom is -0.330 e. The van der Waals surface area contributed by atoms with Crippen LogP contribution in [0.5, 0.6) is 0 Å². The molecule has 0 spiro atoms. The first-order valence-corrected chi connectivity index (χ1v) is 13.1. The van der Waals surface area contributed by atoms with Gasteiger partial charge in [-0.2, -0.15) is 0 Å². The van der Waals surface area contributed by atoms with E-state index in [0.717, 1.165) is 22.6 Å². The van der Waals surface area contributed by atoms with Gasteiger partial charge >= 0.3 is 0 Å². The predicted molar refractivity (Wildman–Crippen MR) is 150 cm³/mol. The minimum absolute atomic E-state index is 0.0751. The average Bonchev–Trinajstić information content (AvgIpc) is 3.30. The largest absolute Gasteiger partial charge is 0.330 e. The molecule has 6 nitrogen and oxygen atoms in total. The van der Waals surface area contributed by atoms with Gasteiger partial charge in [-0.3, -0.25) is 4.79 Å². The van der Waals surface area contributed by atoms with Crippen molar-refractivity contribution in [2.24, 2.45) is 11.7 Å². The van der Waals surface area contributed by atoms with E-state index < -0.39 is 0 Å². The Balaban J connectivity index is 1.82. The topological polar surface area (TPSA) is 77.0 Å². The van der Waals surface area contributed by atoms with E-state index in [-0.39, 0.29) is 17.9 Å². The van der Waals surface area contributed by atoms with E-state index in [1.54, 1.807) is 12.1 Å². The fourth-order valence-corrected chi connectivity index (χ4v) is 4.76. The Bertz CT molecular complexity index is 1320. The molecule has 0 aliphatic rings. The number of nitrogens with two attached hydrogens (primary N) is 1. The fourth-order valence-electron chi connectivity index (χ4n) is 4.45. The number of pyridine rings is 1. The van der Waals surface area contributed by atoms with Crippen molar-refractivity contribution in [2.45, 2.75) is 32.9 Å². The molecular weight excluding hydrogens is 505 g/mol. The lowest BCUT2D eigenvalue weighted by molar-refractivity contribution is 0.0604. The van der Waals surface area contributed by atoms with Gasteiger partial charge in [-0.05, 0) is 48.7 Å². The van der Waals surface area contributed by atoms with E-state index in [4.69, 9.17) is 33.9 Å². The standard InChI is InChI=1S/C29H31Cl2N5O/c1-20(2)27(36(15-7-14-32)29(37)23-12-13-26(31)33-17-23)28-34-25(22-10-6-11-24(30)16-22)19-35(28)18-21-8-4-3-5-9-21/h3-6,8-13,16-17,19-20,27H,7,14-15,18,32H2,1-2H3/t27-/m1/s1. The van der Waals surface area contributed by atoms with Crippen LogP contribution in [0.25, 0.3) is 11.3 Å². The first-order valence-electron chi connectivity index (χ1n) is 12.4. The number of hydrogen-bond donors (Lipinski definition) is 1. The van der Waals surface area contributed by atoms with Gasteiger partial charge < -0.3 is 15.2 Å². The zero-order valence-electron chi connectivity index (χ0n) is 21.0. The van der Waals surface area contributed by atoms with Crippen LogP contribution in [-0.4, -0.2) is 38.4 Å². The van der Waals surface area contributed by atoms with Crippen molar-refractivity contribution in [2.75, 3.05) is 13.1 Å². The van der Waals surface area contributed by atoms with Crippen LogP contribution < -0.4 is 5.73 Å². The lowest BCUT2D eigenvalue weighted by atomic mass is 9.99. The number of rotatable bonds is 10. The maximum absolute atomic E-state index is 13.8. The highest BCUT2D eigenvalue weighted by Crippen LogP contribution is 2.33. The van der Waals surface area contributed by atoms with Crippen LogP contribution in [0.4, 0.5) is 0 Å². The molecule has 0 bridgehead atoms. The summed E-state index contributed by atoms with van der Waals surface area (Å²) in [4.78, 5) is 24.9. The molecule has 37 heavy (non-hydrogen) atoms. The first-order chi connectivity index (χ1) is 17.9. The molecule has 0 fully saturated rings. The summed E-state index contributed by atoms with van der Waals surface area (Å²) in [7, 11) is 0. The van der Waals surface area contributed by atoms with Crippen LogP contribution >= 0.6 is 23.2 Å². The summed E-state index contributed by atoms with van der Waals surface area (Å²) in [6, 6.07) is 20.9. The van der Waals surface area contributed by atoms with Crippen LogP contribution in [0.2, 0.25) is 10.2 Å². The van der Waals surface area contributed by atoms with Crippen LogP contribution in [-0.2, 0) is 6.54 Å². The highest BCUT2D eigenvalue weighted by atomic mass is 35.5. The van der Waals surface area contributed by atoms with Gasteiger partial charge in [0.15, 0.2) is 0 Å². The monoisotopic (exact) mass is 535 g/mol. The summed E-state index contributed by atoms with van der Waals surface area (Å²) in [6.45, 7) is 5.79. The van der Waals surface area contributed by atoms with Crippen molar-refractivity contribution in [1.82, 2.24) is 19.4 Å². The van der Waals surface area contributed by atoms with E-state index in [9.17, 15) is 4.79 Å². The summed E-state index contributed by atoms with van der Waals surface area (Å²) in [6.07, 6.45) is 4.22. The van der Waals surface area contributed by atoms with Crippen molar-refractivity contribution in [3.63, 3.8) is 0 Å². The minimum atomic E-state index is -0.300. The van der Waals surface area contributed by atoms with Crippen molar-refractivity contribution in [3.05, 3.63) is 106 Å². The Kier molecular flexibility index (Phi) is 8.98. The molecule has 2 aromatic heterocycles. The van der Waals surface area contributed by atoms with Crippen LogP contribution in [0.3, 0.4) is 0 Å². The Morgan fingerprint density at radius 1 is 1.05 bits per heavy atom. The Labute approximate surface area is 228 Å². The summed E-state index contributed by atoms with van der Waals surface area (Å²) in [5.74, 6) is 0.752. The second-order valence-corrected chi connectivity index (χ2v) is 10.1. The molecule has 2 aromatic carbocycles. The number of nitrogens with zero attached hydrogens (tertiary/aromatic N) is 4. The van der Waals surface area contributed by atoms with Gasteiger partial charge in [-0.1, -0.05) is 79.5 Å². The molecule has 0 saturated carbocycles. The van der Waals surface area contributed by atoms with E-state index in [2.05, 4.69) is 35.5 Å². The van der Waals surface area contributed by atoms with Crippen LogP contribution in [0, 0.1) is 5.92 Å². The highest BCUT2D eigenvalue weighted by molar-refractivity contribution is 6.30. The van der Waals surface area contributed by atoms with Crippen molar-refractivity contribution in [1.29, 1.82) is 0 Å². The molecule has 0 unspecified atom stereocenters. The number of hydrogen-bond acceptors (Lipinski definition) is 4. The van der Waals surface area contributed by atoms with Crippen molar-refractivity contribution in [3.8, 4) is 11.3 Å². The molecule has 8 heteroatoms. The number of carbonyl (C=O) groups excluding carboxylic acids is 1. The first kappa shape index (κ1) is 26.9. The molecule has 1 amide bonds. The zero-order chi connectivity index (χ0) is 26.4. The van der Waals surface area contributed by atoms with Crippen LogP contribution in [0.15, 0.2) is 79.1 Å². The third kappa shape index (κ3) is 6.58. The molecule has 2 heterocycles. The summed E-state index contributed by atoms with van der Waals surface area (Å²) in [5.41, 5.74) is 9.22. The smallest absolute Gasteiger partial charge is 0.256 e. The molecule has 4 rings (SSSR count). The maximum Gasteiger partial charge on any atom is 0.256 e. The van der Waals surface area contributed by atoms with Gasteiger partial charge in [0.1, 0.15) is 11.0 Å². The highest BCUT2D eigenvalue weighted by Gasteiger charge is 2.32. The second kappa shape index (κ2) is 12.4. The zero-order valence-corrected chi connectivity index (χ0v) is 22.5. The summed E-state index contributed by atoms with van der Waals surface area (Å²) >= 11 is 12.3. The van der Waals surface area contributed by atoms with Crippen LogP contribution in [0.1, 0.15) is 48.1 Å². The summed E-state index contributed by atoms with van der Waals surface area (Å²) in [5, 5.41) is 0.988. The van der Waals surface area contributed by atoms with E-state index in [1.165, 1.54) is 6.20 Å². The van der Waals surface area contributed by atoms with E-state index in [0.29, 0.717) is 41.8 Å². The molecule has 0 aliphatic carbocycles.